The summed E-state index contributed by atoms with van der Waals surface area (Å²) in [7, 11) is 0. The molecule has 1 saturated heterocycles. The molecule has 0 N–H and O–H groups in total. The molecule has 3 rings (SSSR count). The molecule has 2 atom stereocenters. The van der Waals surface area contributed by atoms with Crippen molar-refractivity contribution in [2.24, 2.45) is 5.92 Å². The molecule has 1 aromatic carbocycles. The second-order valence-electron chi connectivity index (χ2n) is 4.13. The summed E-state index contributed by atoms with van der Waals surface area (Å²) in [5, 5.41) is 0. The van der Waals surface area contributed by atoms with E-state index in [1.54, 1.807) is 0 Å². The first-order chi connectivity index (χ1) is 7.75. The quantitative estimate of drug-likeness (QED) is 0.733. The minimum atomic E-state index is -0.129. The van der Waals surface area contributed by atoms with Crippen LogP contribution in [0, 0.1) is 5.92 Å². The van der Waals surface area contributed by atoms with E-state index in [1.165, 1.54) is 0 Å². The molecule has 0 aliphatic carbocycles. The third-order valence-electron chi connectivity index (χ3n) is 3.12. The SMILES string of the molecule is O=C1c2cc(Br)ccc2O[C@@H]2CCOC[C@@H]12. The summed E-state index contributed by atoms with van der Waals surface area (Å²) in [5.41, 5.74) is 0.668. The van der Waals surface area contributed by atoms with Crippen LogP contribution in [0.2, 0.25) is 0 Å². The normalized spacial score (nSPS) is 27.9. The van der Waals surface area contributed by atoms with Crippen LogP contribution in [0.5, 0.6) is 5.75 Å². The van der Waals surface area contributed by atoms with Crippen LogP contribution in [-0.2, 0) is 4.74 Å². The van der Waals surface area contributed by atoms with Gasteiger partial charge in [0.2, 0.25) is 0 Å². The maximum atomic E-state index is 12.2. The van der Waals surface area contributed by atoms with Gasteiger partial charge in [-0.3, -0.25) is 4.79 Å². The Morgan fingerprint density at radius 2 is 2.25 bits per heavy atom. The molecule has 0 spiro atoms. The average molecular weight is 283 g/mol. The maximum absolute atomic E-state index is 12.2. The molecule has 3 nitrogen and oxygen atoms in total. The van der Waals surface area contributed by atoms with Crippen molar-refractivity contribution >= 4 is 21.7 Å². The van der Waals surface area contributed by atoms with Gasteiger partial charge in [0.25, 0.3) is 0 Å². The Bertz CT molecular complexity index is 444. The van der Waals surface area contributed by atoms with Gasteiger partial charge in [-0.15, -0.1) is 0 Å². The number of ether oxygens (including phenoxy) is 2. The van der Waals surface area contributed by atoms with Gasteiger partial charge in [0.05, 0.1) is 24.7 Å². The van der Waals surface area contributed by atoms with Crippen molar-refractivity contribution in [1.29, 1.82) is 0 Å². The van der Waals surface area contributed by atoms with Crippen molar-refractivity contribution in [3.8, 4) is 5.75 Å². The van der Waals surface area contributed by atoms with Gasteiger partial charge >= 0.3 is 0 Å². The number of fused-ring (bicyclic) bond motifs is 2. The lowest BCUT2D eigenvalue weighted by Gasteiger charge is -2.35. The molecule has 4 heteroatoms. The van der Waals surface area contributed by atoms with Crippen LogP contribution in [0.1, 0.15) is 16.8 Å². The summed E-state index contributed by atoms with van der Waals surface area (Å²) in [6, 6.07) is 5.57. The Balaban J connectivity index is 2.03. The summed E-state index contributed by atoms with van der Waals surface area (Å²) in [6.45, 7) is 1.16. The second-order valence-corrected chi connectivity index (χ2v) is 5.05. The predicted octanol–water partition coefficient (Wildman–Crippen LogP) is 2.43. The van der Waals surface area contributed by atoms with Crippen LogP contribution in [0.25, 0.3) is 0 Å². The predicted molar refractivity (Wildman–Crippen MR) is 61.8 cm³/mol. The van der Waals surface area contributed by atoms with Crippen molar-refractivity contribution in [3.05, 3.63) is 28.2 Å². The highest BCUT2D eigenvalue weighted by molar-refractivity contribution is 9.10. The zero-order chi connectivity index (χ0) is 11.1. The van der Waals surface area contributed by atoms with E-state index in [1.807, 2.05) is 18.2 Å². The van der Waals surface area contributed by atoms with E-state index in [0.29, 0.717) is 24.5 Å². The molecule has 0 aromatic heterocycles. The zero-order valence-corrected chi connectivity index (χ0v) is 10.2. The molecule has 0 bridgehead atoms. The fraction of sp³-hybridized carbons (Fsp3) is 0.417. The molecule has 2 heterocycles. The Morgan fingerprint density at radius 1 is 1.38 bits per heavy atom. The van der Waals surface area contributed by atoms with Gasteiger partial charge in [0, 0.05) is 10.9 Å². The smallest absolute Gasteiger partial charge is 0.175 e. The van der Waals surface area contributed by atoms with E-state index in [-0.39, 0.29) is 17.8 Å². The average Bonchev–Trinajstić information content (AvgIpc) is 2.31. The van der Waals surface area contributed by atoms with E-state index < -0.39 is 0 Å². The third kappa shape index (κ3) is 1.57. The third-order valence-corrected chi connectivity index (χ3v) is 3.61. The summed E-state index contributed by atoms with van der Waals surface area (Å²) in [6.07, 6.45) is 0.793. The summed E-state index contributed by atoms with van der Waals surface area (Å²) < 4.78 is 12.1. The minimum Gasteiger partial charge on any atom is -0.489 e. The summed E-state index contributed by atoms with van der Waals surface area (Å²) >= 11 is 3.37. The fourth-order valence-corrected chi connectivity index (χ4v) is 2.63. The number of carbonyl (C=O) groups excluding carboxylic acids is 1. The molecule has 2 aliphatic heterocycles. The highest BCUT2D eigenvalue weighted by Crippen LogP contribution is 2.35. The van der Waals surface area contributed by atoms with E-state index in [4.69, 9.17) is 9.47 Å². The van der Waals surface area contributed by atoms with Crippen molar-refractivity contribution in [2.45, 2.75) is 12.5 Å². The van der Waals surface area contributed by atoms with Crippen LogP contribution >= 0.6 is 15.9 Å². The van der Waals surface area contributed by atoms with Crippen LogP contribution in [0.3, 0.4) is 0 Å². The Hall–Kier alpha value is -0.870. The van der Waals surface area contributed by atoms with Gasteiger partial charge < -0.3 is 9.47 Å². The van der Waals surface area contributed by atoms with Gasteiger partial charge in [0.15, 0.2) is 5.78 Å². The zero-order valence-electron chi connectivity index (χ0n) is 8.61. The molecule has 0 radical (unpaired) electrons. The highest BCUT2D eigenvalue weighted by Gasteiger charge is 2.39. The first-order valence-corrected chi connectivity index (χ1v) is 6.13. The summed E-state index contributed by atoms with van der Waals surface area (Å²) in [5.74, 6) is 0.721. The Labute approximate surface area is 102 Å². The number of hydrogen-bond acceptors (Lipinski definition) is 3. The van der Waals surface area contributed by atoms with Crippen LogP contribution in [-0.4, -0.2) is 25.1 Å². The molecule has 16 heavy (non-hydrogen) atoms. The monoisotopic (exact) mass is 282 g/mol. The molecular formula is C12H11BrO3. The first kappa shape index (κ1) is 10.3. The molecule has 1 aromatic rings. The fourth-order valence-electron chi connectivity index (χ4n) is 2.26. The second kappa shape index (κ2) is 3.86. The van der Waals surface area contributed by atoms with Crippen LogP contribution < -0.4 is 4.74 Å². The minimum absolute atomic E-state index is 0.00470. The lowest BCUT2D eigenvalue weighted by Crippen LogP contribution is -2.44. The van der Waals surface area contributed by atoms with Gasteiger partial charge in [-0.2, -0.15) is 0 Å². The van der Waals surface area contributed by atoms with Gasteiger partial charge in [-0.25, -0.2) is 0 Å². The molecule has 84 valence electrons. The molecule has 1 fully saturated rings. The lowest BCUT2D eigenvalue weighted by molar-refractivity contribution is -0.0212. The molecule has 0 amide bonds. The van der Waals surface area contributed by atoms with Gasteiger partial charge in [-0.1, -0.05) is 15.9 Å². The van der Waals surface area contributed by atoms with Crippen LogP contribution in [0.4, 0.5) is 0 Å². The van der Waals surface area contributed by atoms with E-state index in [9.17, 15) is 4.79 Å². The number of benzene rings is 1. The van der Waals surface area contributed by atoms with E-state index >= 15 is 0 Å². The van der Waals surface area contributed by atoms with Gasteiger partial charge in [0.1, 0.15) is 11.9 Å². The molecule has 0 saturated carbocycles. The largest absolute Gasteiger partial charge is 0.489 e. The number of rotatable bonds is 0. The maximum Gasteiger partial charge on any atom is 0.175 e. The van der Waals surface area contributed by atoms with Crippen LogP contribution in [0.15, 0.2) is 22.7 Å². The highest BCUT2D eigenvalue weighted by atomic mass is 79.9. The Morgan fingerprint density at radius 3 is 3.12 bits per heavy atom. The number of carbonyl (C=O) groups is 1. The lowest BCUT2D eigenvalue weighted by atomic mass is 9.87. The molecular weight excluding hydrogens is 272 g/mol. The van der Waals surface area contributed by atoms with Crippen molar-refractivity contribution in [3.63, 3.8) is 0 Å². The molecule has 2 aliphatic rings. The van der Waals surface area contributed by atoms with E-state index in [0.717, 1.165) is 10.9 Å². The number of Topliss-reactive ketones (excluding diaryl/α,β-unsaturated/α-hetero) is 1. The summed E-state index contributed by atoms with van der Waals surface area (Å²) in [4.78, 5) is 12.2. The first-order valence-electron chi connectivity index (χ1n) is 5.34. The van der Waals surface area contributed by atoms with Crippen molar-refractivity contribution < 1.29 is 14.3 Å². The van der Waals surface area contributed by atoms with Gasteiger partial charge in [-0.05, 0) is 18.2 Å². The Kier molecular flexibility index (Phi) is 2.48. The van der Waals surface area contributed by atoms with Crippen molar-refractivity contribution in [2.75, 3.05) is 13.2 Å². The number of ketones is 1. The number of hydrogen-bond donors (Lipinski definition) is 0. The number of halogens is 1. The topological polar surface area (TPSA) is 35.5 Å². The molecule has 0 unspecified atom stereocenters. The standard InChI is InChI=1S/C12H11BrO3/c13-7-1-2-10-8(5-7)12(14)9-6-15-4-3-11(9)16-10/h1-2,5,9,11H,3-4,6H2/t9-,11-/m1/s1. The van der Waals surface area contributed by atoms with Crippen molar-refractivity contribution in [1.82, 2.24) is 0 Å². The van der Waals surface area contributed by atoms with E-state index in [2.05, 4.69) is 15.9 Å².